The largest absolute Gasteiger partial charge is 1.00 e. The molecule has 9 aromatic rings. The van der Waals surface area contributed by atoms with Gasteiger partial charge in [0.25, 0.3) is 16.5 Å². The summed E-state index contributed by atoms with van der Waals surface area (Å²) in [5, 5.41) is 58.4. The minimum Gasteiger partial charge on any atom is -1.00 e. The van der Waals surface area contributed by atoms with Crippen LogP contribution in [0.5, 0.6) is 23.0 Å². The maximum atomic E-state index is 13.9. The van der Waals surface area contributed by atoms with Crippen LogP contribution in [0.4, 0.5) is 28.2 Å². The summed E-state index contributed by atoms with van der Waals surface area (Å²) in [4.78, 5) is 89.1. The van der Waals surface area contributed by atoms with Crippen LogP contribution in [0.3, 0.4) is 0 Å². The number of allylic oxidation sites excluding steroid dienone is 1. The Labute approximate surface area is 844 Å². The number of carbonyl (C=O) groups is 8. The van der Waals surface area contributed by atoms with Crippen LogP contribution in [0.15, 0.2) is 204 Å². The van der Waals surface area contributed by atoms with Crippen LogP contribution in [0.2, 0.25) is 20.1 Å². The zero-order valence-electron chi connectivity index (χ0n) is 70.9. The molecule has 0 bridgehead atoms. The van der Waals surface area contributed by atoms with Gasteiger partial charge in [0, 0.05) is 88.9 Å². The summed E-state index contributed by atoms with van der Waals surface area (Å²) in [6.45, 7) is 5.77. The molecule has 1 aliphatic heterocycles. The van der Waals surface area contributed by atoms with Crippen LogP contribution in [0, 0.1) is 24.9 Å². The number of methoxy groups -OCH3 is 3. The number of nitrogens with two attached hydrogens (primary N) is 1. The van der Waals surface area contributed by atoms with Crippen molar-refractivity contribution < 1.29 is 245 Å². The van der Waals surface area contributed by atoms with Crippen molar-refractivity contribution >= 4 is 164 Å². The number of aromatic nitrogens is 1. The first-order valence-corrected chi connectivity index (χ1v) is 40.7. The first-order valence-electron chi connectivity index (χ1n) is 35.7. The van der Waals surface area contributed by atoms with Crippen molar-refractivity contribution in [2.75, 3.05) is 78.7 Å². The number of hydrogen-bond donors (Lipinski definition) is 7. The van der Waals surface area contributed by atoms with Crippen LogP contribution >= 0.6 is 64.6 Å². The summed E-state index contributed by atoms with van der Waals surface area (Å²) >= 11 is 23.8. The molecule has 0 spiro atoms. The number of hydrogen-bond acceptors (Lipinski definition) is 26. The van der Waals surface area contributed by atoms with Crippen molar-refractivity contribution in [3.8, 4) is 23.0 Å². The molecule has 1 aromatic heterocycles. The first kappa shape index (κ1) is 121. The van der Waals surface area contributed by atoms with Gasteiger partial charge in [0.2, 0.25) is 0 Å². The van der Waals surface area contributed by atoms with E-state index < -0.39 is 58.1 Å². The monoisotopic (exact) mass is 2010 g/mol. The molecule has 124 heavy (non-hydrogen) atoms. The Hall–Kier alpha value is -6.90. The molecule has 1 saturated heterocycles. The predicted octanol–water partition coefficient (Wildman–Crippen LogP) is 7.85. The minimum absolute atomic E-state index is 0. The number of benzene rings is 8. The predicted molar refractivity (Wildman–Crippen MR) is 465 cm³/mol. The van der Waals surface area contributed by atoms with Crippen molar-refractivity contribution in [2.45, 2.75) is 57.0 Å². The summed E-state index contributed by atoms with van der Waals surface area (Å²) in [5.41, 5.74) is 7.19. The second kappa shape index (κ2) is 71.1. The number of aromatic hydroxyl groups is 4. The van der Waals surface area contributed by atoms with Gasteiger partial charge in [-0.05, 0) is 172 Å². The first-order chi connectivity index (χ1) is 57.7. The number of aldehydes is 3. The molecule has 10 rings (SSSR count). The topological polar surface area (TPSA) is 396 Å². The number of alkyl halides is 1. The number of ether oxygens (including phenoxy) is 5. The number of amides is 1. The molecule has 668 valence electrons. The van der Waals surface area contributed by atoms with Gasteiger partial charge < -0.3 is 79.5 Å². The molecular weight excluding hydrogens is 1910 g/mol. The number of phenols is 4. The van der Waals surface area contributed by atoms with Gasteiger partial charge in [0.15, 0.2) is 23.7 Å². The third kappa shape index (κ3) is 48.9. The SMILES string of the molecule is C1CCOC1.CC(C)(C)OC(=O)N(c1cscn1)S(=O)(=O)c1cc(F)c(F)cc1F.COC(=O)CN.COC(=O)CNC/C=C/c1cc(Cl)ccc1O.COC(=O)CNCCCc1cc(Cl)ccc1O.O=C/C=C/c1cc(Cl)ccc1O.O=CC=P(c1ccccc1)(c1ccccc1)c1ccccc1.O=CO[O-].O=Cc1cc(Cl)ccc1O.[2H]CF.[CH3-].[H-].[K+].[K+].[Pd]. The van der Waals surface area contributed by atoms with Crippen LogP contribution in [-0.4, -0.2) is 169 Å². The Morgan fingerprint density at radius 2 is 1.08 bits per heavy atom. The van der Waals surface area contributed by atoms with E-state index in [2.05, 4.69) is 71.1 Å². The molecule has 0 unspecified atom stereocenters. The molecule has 8 aromatic carbocycles. The summed E-state index contributed by atoms with van der Waals surface area (Å²) in [5.74, 6) is -3.69. The van der Waals surface area contributed by atoms with E-state index in [9.17, 15) is 74.9 Å². The summed E-state index contributed by atoms with van der Waals surface area (Å²) < 4.78 is 104. The van der Waals surface area contributed by atoms with Crippen LogP contribution in [0.25, 0.3) is 12.2 Å². The summed E-state index contributed by atoms with van der Waals surface area (Å²) in [6.07, 6.45) is 11.2. The van der Waals surface area contributed by atoms with E-state index in [0.717, 1.165) is 42.8 Å². The number of sulfonamides is 1. The van der Waals surface area contributed by atoms with Crippen molar-refractivity contribution in [2.24, 2.45) is 5.73 Å². The van der Waals surface area contributed by atoms with Crippen LogP contribution in [-0.2, 0) is 94.2 Å². The Bertz CT molecular complexity index is 4780. The average Bonchev–Trinajstić information content (AvgIpc) is 1.09. The number of rotatable bonds is 23. The van der Waals surface area contributed by atoms with Gasteiger partial charge in [-0.3, -0.25) is 38.0 Å². The molecule has 0 saturated carbocycles. The fourth-order valence-electron chi connectivity index (χ4n) is 9.12. The number of carbonyl (C=O) groups excluding carboxylic acids is 8. The van der Waals surface area contributed by atoms with E-state index in [4.69, 9.17) is 78.1 Å². The van der Waals surface area contributed by atoms with E-state index in [1.807, 2.05) is 60.4 Å². The van der Waals surface area contributed by atoms with Gasteiger partial charge in [0.1, 0.15) is 51.9 Å². The number of esters is 3. The van der Waals surface area contributed by atoms with Gasteiger partial charge in [-0.15, -0.1) is 15.6 Å². The second-order valence-corrected chi connectivity index (χ2v) is 31.6. The number of anilines is 1. The van der Waals surface area contributed by atoms with Gasteiger partial charge in [0.05, 0.1) is 60.6 Å². The average molecular weight is 2010 g/mol. The molecule has 8 N–H and O–H groups in total. The molecule has 1 amide bonds. The van der Waals surface area contributed by atoms with Crippen LogP contribution in [0.1, 0.15) is 69.9 Å². The van der Waals surface area contributed by atoms with Gasteiger partial charge >= 0.3 is 127 Å². The van der Waals surface area contributed by atoms with E-state index in [1.165, 1.54) is 124 Å². The maximum Gasteiger partial charge on any atom is 1.00 e. The number of nitrogens with one attached hydrogen (secondary N) is 2. The standard InChI is InChI=1S/C20H17OP.C14H13F3N2O4S2.C12H16ClNO3.C12H14ClNO3.C9H7ClO2.C7H5ClO2.C4H8O.C3H7NO2.CH3F.CH2O3.CH3.2K.Pd.H/c21-16-17-22(18-10-4-1-5-11-18,19-12-6-2-7-13-19)20-14-8-3-9-15-20;1-14(2,3)23-13(20)19(12-6-24-7-18-12)25(21,22)11-5-9(16)8(15)4-10(11)17;2*1-17-12(16)8-14-6-2-3-9-7-10(13)4-5-11(9)15;10-8-3-4-9(12)7(6-8)2-1-5-11;8-6-1-2-7(10)5(3-6)4-9;1-2-4-5-3-1;1-6-3(5)2-4;1-2;2-1-4-3;;;;;/h1-17H;4-7H,1-3H3;4-5,7,14-15H,2-3,6,8H2,1H3;2-5,7,14-15H,6,8H2,1H3;1-6,12H;1-4,10H;1-4H2;2,4H2,1H3;1H3;1,3H;1H3;;;;/q;;;;;;;;;;-1;2*+1;;-1/p-1/b;;;3-2+;2-1+;;;;;;;;;;/i;;;;;;;;1D;;;;;;. The van der Waals surface area contributed by atoms with Crippen LogP contribution < -0.4 is 145 Å². The second-order valence-electron chi connectivity index (χ2n) is 24.1. The Balaban J connectivity index is -0.000000450. The maximum absolute atomic E-state index is 13.9. The Kier molecular flexibility index (Phi) is 69.5. The molecular formula is C84H95Cl4F4K2N5O21PPdS2-. The van der Waals surface area contributed by atoms with E-state index in [0.29, 0.717) is 63.3 Å². The molecule has 0 atom stereocenters. The smallest absolute Gasteiger partial charge is 1.00 e. The quantitative estimate of drug-likeness (QED) is 0.00260. The number of phenolic OH excluding ortho intramolecular Hbond substituents is 4. The van der Waals surface area contributed by atoms with Crippen molar-refractivity contribution in [1.29, 1.82) is 0 Å². The fourth-order valence-corrected chi connectivity index (χ4v) is 15.3. The Morgan fingerprint density at radius 1 is 0.653 bits per heavy atom. The van der Waals surface area contributed by atoms with Gasteiger partial charge in [-0.2, -0.15) is 0 Å². The molecule has 1 fully saturated rings. The molecule has 26 nitrogen and oxygen atoms in total. The van der Waals surface area contributed by atoms with Gasteiger partial charge in [-0.25, -0.2) is 31.4 Å². The minimum atomic E-state index is -4.94. The van der Waals surface area contributed by atoms with Crippen molar-refractivity contribution in [3.63, 3.8) is 0 Å². The van der Waals surface area contributed by atoms with E-state index in [-0.39, 0.29) is 227 Å². The Morgan fingerprint density at radius 3 is 1.46 bits per heavy atom. The third-order valence-electron chi connectivity index (χ3n) is 14.6. The van der Waals surface area contributed by atoms with Crippen molar-refractivity contribution in [1.82, 2.24) is 15.6 Å². The van der Waals surface area contributed by atoms with Gasteiger partial charge in [-0.1, -0.05) is 150 Å². The fraction of sp³-hybridized carbons (Fsp3) is 0.226. The van der Waals surface area contributed by atoms with E-state index in [1.54, 1.807) is 54.6 Å². The number of aryl methyl sites for hydroxylation is 1. The zero-order valence-corrected chi connectivity index (χ0v) is 82.2. The molecule has 0 aliphatic carbocycles. The summed E-state index contributed by atoms with van der Waals surface area (Å²) in [7, 11) is -1.95. The third-order valence-corrected chi connectivity index (χ3v) is 21.7. The molecule has 2 heterocycles. The summed E-state index contributed by atoms with van der Waals surface area (Å²) in [6, 6.07) is 49.9. The molecule has 40 heteroatoms. The number of thiazole rings is 1. The van der Waals surface area contributed by atoms with E-state index >= 15 is 0 Å². The normalized spacial score (nSPS) is 10.7. The molecule has 1 aliphatic rings. The molecule has 0 radical (unpaired) electrons. The van der Waals surface area contributed by atoms with Crippen molar-refractivity contribution in [3.05, 3.63) is 266 Å². The zero-order chi connectivity index (χ0) is 90.8. The number of halogens is 8. The number of nitrogens with zero attached hydrogens (tertiary/aromatic N) is 2.